The van der Waals surface area contributed by atoms with E-state index in [1.54, 1.807) is 18.5 Å². The van der Waals surface area contributed by atoms with Crippen molar-refractivity contribution in [3.63, 3.8) is 0 Å². The van der Waals surface area contributed by atoms with Gasteiger partial charge in [-0.3, -0.25) is 4.98 Å². The van der Waals surface area contributed by atoms with Gasteiger partial charge < -0.3 is 5.73 Å². The van der Waals surface area contributed by atoms with Gasteiger partial charge in [0.1, 0.15) is 0 Å². The van der Waals surface area contributed by atoms with Crippen molar-refractivity contribution >= 4 is 5.69 Å². The van der Waals surface area contributed by atoms with Gasteiger partial charge in [0.05, 0.1) is 5.56 Å². The topological polar surface area (TPSA) is 38.9 Å². The third kappa shape index (κ3) is 3.47. The number of anilines is 1. The van der Waals surface area contributed by atoms with Crippen LogP contribution in [-0.4, -0.2) is 4.98 Å². The fourth-order valence-corrected chi connectivity index (χ4v) is 1.79. The molecule has 2 aromatic rings. The minimum atomic E-state index is -4.29. The smallest absolute Gasteiger partial charge is 0.398 e. The lowest BCUT2D eigenvalue weighted by molar-refractivity contribution is -0.137. The number of pyridine rings is 1. The first-order valence-corrected chi connectivity index (χ1v) is 5.81. The second-order valence-corrected chi connectivity index (χ2v) is 4.27. The SMILES string of the molecule is Nc1ccncc1CCc1ccc(C(F)(F)F)cc1. The van der Waals surface area contributed by atoms with Crippen molar-refractivity contribution in [2.24, 2.45) is 0 Å². The molecule has 1 heterocycles. The molecule has 5 heteroatoms. The maximum atomic E-state index is 12.4. The molecular formula is C14H13F3N2. The molecule has 2 rings (SSSR count). The Morgan fingerprint density at radius 1 is 1.00 bits per heavy atom. The van der Waals surface area contributed by atoms with Crippen molar-refractivity contribution in [1.82, 2.24) is 4.98 Å². The van der Waals surface area contributed by atoms with E-state index in [4.69, 9.17) is 5.73 Å². The molecule has 0 saturated carbocycles. The fraction of sp³-hybridized carbons (Fsp3) is 0.214. The van der Waals surface area contributed by atoms with Crippen LogP contribution in [0.3, 0.4) is 0 Å². The van der Waals surface area contributed by atoms with Crippen LogP contribution in [-0.2, 0) is 19.0 Å². The highest BCUT2D eigenvalue weighted by atomic mass is 19.4. The number of hydrogen-bond donors (Lipinski definition) is 1. The largest absolute Gasteiger partial charge is 0.416 e. The molecule has 0 amide bonds. The lowest BCUT2D eigenvalue weighted by Gasteiger charge is -2.08. The fourth-order valence-electron chi connectivity index (χ4n) is 1.79. The molecule has 1 aromatic heterocycles. The minimum absolute atomic E-state index is 0.628. The Balaban J connectivity index is 2.03. The van der Waals surface area contributed by atoms with Gasteiger partial charge >= 0.3 is 6.18 Å². The molecule has 0 unspecified atom stereocenters. The number of benzene rings is 1. The molecular weight excluding hydrogens is 253 g/mol. The number of aromatic nitrogens is 1. The van der Waals surface area contributed by atoms with Crippen LogP contribution < -0.4 is 5.73 Å². The summed E-state index contributed by atoms with van der Waals surface area (Å²) < 4.78 is 37.2. The molecule has 1 aromatic carbocycles. The van der Waals surface area contributed by atoms with Gasteiger partial charge in [0.25, 0.3) is 0 Å². The zero-order valence-electron chi connectivity index (χ0n) is 10.1. The van der Waals surface area contributed by atoms with Gasteiger partial charge in [-0.15, -0.1) is 0 Å². The molecule has 0 spiro atoms. The van der Waals surface area contributed by atoms with Gasteiger partial charge in [-0.1, -0.05) is 12.1 Å². The predicted octanol–water partition coefficient (Wildman–Crippen LogP) is 3.47. The van der Waals surface area contributed by atoms with Gasteiger partial charge in [-0.2, -0.15) is 13.2 Å². The second-order valence-electron chi connectivity index (χ2n) is 4.27. The number of halogens is 3. The van der Waals surface area contributed by atoms with Crippen LogP contribution in [0.15, 0.2) is 42.7 Å². The average Bonchev–Trinajstić information content (AvgIpc) is 2.37. The highest BCUT2D eigenvalue weighted by molar-refractivity contribution is 5.44. The molecule has 0 radical (unpaired) electrons. The van der Waals surface area contributed by atoms with Crippen molar-refractivity contribution in [3.8, 4) is 0 Å². The lowest BCUT2D eigenvalue weighted by atomic mass is 10.0. The Kier molecular flexibility index (Phi) is 3.74. The van der Waals surface area contributed by atoms with Gasteiger partial charge in [0.15, 0.2) is 0 Å². The van der Waals surface area contributed by atoms with Crippen LogP contribution in [0.4, 0.5) is 18.9 Å². The molecule has 0 aliphatic carbocycles. The summed E-state index contributed by atoms with van der Waals surface area (Å²) in [5, 5.41) is 0. The van der Waals surface area contributed by atoms with E-state index < -0.39 is 11.7 Å². The second kappa shape index (κ2) is 5.30. The summed E-state index contributed by atoms with van der Waals surface area (Å²) in [5.41, 5.74) is 7.55. The van der Waals surface area contributed by atoms with E-state index >= 15 is 0 Å². The summed E-state index contributed by atoms with van der Waals surface area (Å²) in [4.78, 5) is 3.98. The summed E-state index contributed by atoms with van der Waals surface area (Å²) >= 11 is 0. The van der Waals surface area contributed by atoms with Crippen molar-refractivity contribution in [2.75, 3.05) is 5.73 Å². The minimum Gasteiger partial charge on any atom is -0.398 e. The van der Waals surface area contributed by atoms with E-state index in [9.17, 15) is 13.2 Å². The lowest BCUT2D eigenvalue weighted by Crippen LogP contribution is -2.04. The number of aryl methyl sites for hydroxylation is 2. The summed E-state index contributed by atoms with van der Waals surface area (Å²) in [5.74, 6) is 0. The molecule has 0 saturated heterocycles. The van der Waals surface area contributed by atoms with E-state index in [0.717, 1.165) is 23.3 Å². The molecule has 0 bridgehead atoms. The predicted molar refractivity (Wildman–Crippen MR) is 67.5 cm³/mol. The molecule has 0 fully saturated rings. The van der Waals surface area contributed by atoms with Crippen LogP contribution in [0.2, 0.25) is 0 Å². The Morgan fingerprint density at radius 3 is 2.26 bits per heavy atom. The van der Waals surface area contributed by atoms with E-state index in [1.807, 2.05) is 0 Å². The molecule has 0 aliphatic heterocycles. The molecule has 0 atom stereocenters. The number of alkyl halides is 3. The van der Waals surface area contributed by atoms with Crippen molar-refractivity contribution < 1.29 is 13.2 Å². The molecule has 19 heavy (non-hydrogen) atoms. The summed E-state index contributed by atoms with van der Waals surface area (Å²) in [6.45, 7) is 0. The first-order chi connectivity index (χ1) is 8.97. The zero-order chi connectivity index (χ0) is 13.9. The molecule has 100 valence electrons. The Labute approximate surface area is 109 Å². The highest BCUT2D eigenvalue weighted by Crippen LogP contribution is 2.29. The molecule has 2 N–H and O–H groups in total. The van der Waals surface area contributed by atoms with Crippen molar-refractivity contribution in [3.05, 3.63) is 59.4 Å². The molecule has 0 aliphatic rings. The maximum Gasteiger partial charge on any atom is 0.416 e. The Morgan fingerprint density at radius 2 is 1.68 bits per heavy atom. The third-order valence-corrected chi connectivity index (χ3v) is 2.91. The monoisotopic (exact) mass is 266 g/mol. The first kappa shape index (κ1) is 13.4. The maximum absolute atomic E-state index is 12.4. The average molecular weight is 266 g/mol. The standard InChI is InChI=1S/C14H13F3N2/c15-14(16,17)12-5-2-10(3-6-12)1-4-11-9-19-8-7-13(11)18/h2-3,5-9H,1,4H2,(H2,18,19). The van der Waals surface area contributed by atoms with Crippen LogP contribution >= 0.6 is 0 Å². The number of hydrogen-bond acceptors (Lipinski definition) is 2. The van der Waals surface area contributed by atoms with E-state index in [2.05, 4.69) is 4.98 Å². The molecule has 2 nitrogen and oxygen atoms in total. The van der Waals surface area contributed by atoms with Crippen molar-refractivity contribution in [1.29, 1.82) is 0 Å². The quantitative estimate of drug-likeness (QED) is 0.923. The van der Waals surface area contributed by atoms with E-state index in [0.29, 0.717) is 18.5 Å². The Hall–Kier alpha value is -2.04. The summed E-state index contributed by atoms with van der Waals surface area (Å²) in [7, 11) is 0. The van der Waals surface area contributed by atoms with Crippen LogP contribution in [0, 0.1) is 0 Å². The van der Waals surface area contributed by atoms with Gasteiger partial charge in [0, 0.05) is 18.1 Å². The number of nitrogens with two attached hydrogens (primary N) is 1. The van der Waals surface area contributed by atoms with Gasteiger partial charge in [0.2, 0.25) is 0 Å². The van der Waals surface area contributed by atoms with E-state index in [-0.39, 0.29) is 0 Å². The van der Waals surface area contributed by atoms with Gasteiger partial charge in [-0.05, 0) is 42.2 Å². The zero-order valence-corrected chi connectivity index (χ0v) is 10.1. The normalized spacial score (nSPS) is 11.5. The number of rotatable bonds is 3. The van der Waals surface area contributed by atoms with Crippen molar-refractivity contribution in [2.45, 2.75) is 19.0 Å². The first-order valence-electron chi connectivity index (χ1n) is 5.81. The van der Waals surface area contributed by atoms with Crippen LogP contribution in [0.1, 0.15) is 16.7 Å². The highest BCUT2D eigenvalue weighted by Gasteiger charge is 2.29. The van der Waals surface area contributed by atoms with Gasteiger partial charge in [-0.25, -0.2) is 0 Å². The number of nitrogens with zero attached hydrogens (tertiary/aromatic N) is 1. The number of nitrogen functional groups attached to an aromatic ring is 1. The summed E-state index contributed by atoms with van der Waals surface area (Å²) in [6, 6.07) is 6.90. The third-order valence-electron chi connectivity index (χ3n) is 2.91. The Bertz CT molecular complexity index is 547. The van der Waals surface area contributed by atoms with Crippen LogP contribution in [0.25, 0.3) is 0 Å². The summed E-state index contributed by atoms with van der Waals surface area (Å²) in [6.07, 6.45) is 0.293. The van der Waals surface area contributed by atoms with Crippen LogP contribution in [0.5, 0.6) is 0 Å². The van der Waals surface area contributed by atoms with E-state index in [1.165, 1.54) is 12.1 Å².